The second kappa shape index (κ2) is 9.07. The van der Waals surface area contributed by atoms with Gasteiger partial charge in [0.1, 0.15) is 11.5 Å². The van der Waals surface area contributed by atoms with E-state index in [0.717, 1.165) is 22.9 Å². The Hall–Kier alpha value is -3.29. The monoisotopic (exact) mass is 385 g/mol. The summed E-state index contributed by atoms with van der Waals surface area (Å²) in [6.45, 7) is 0. The molecule has 4 aromatic rings. The molecule has 0 fully saturated rings. The molecule has 28 heavy (non-hydrogen) atoms. The van der Waals surface area contributed by atoms with Gasteiger partial charge in [0, 0.05) is 0 Å². The fraction of sp³-hybridized carbons (Fsp3) is 0. The summed E-state index contributed by atoms with van der Waals surface area (Å²) in [7, 11) is -1.50. The van der Waals surface area contributed by atoms with Crippen LogP contribution < -0.4 is 13.7 Å². The van der Waals surface area contributed by atoms with Crippen LogP contribution in [0.5, 0.6) is 11.5 Å². The van der Waals surface area contributed by atoms with Crippen molar-refractivity contribution < 1.29 is 9.05 Å². The van der Waals surface area contributed by atoms with Gasteiger partial charge in [-0.1, -0.05) is 72.8 Å². The second-order valence-corrected chi connectivity index (χ2v) is 7.27. The minimum absolute atomic E-state index is 0.765. The molecule has 0 N–H and O–H groups in total. The Labute approximate surface area is 166 Å². The lowest BCUT2D eigenvalue weighted by Crippen LogP contribution is -2.17. The van der Waals surface area contributed by atoms with Crippen LogP contribution in [-0.4, -0.2) is 0 Å². The summed E-state index contributed by atoms with van der Waals surface area (Å²) >= 11 is 0. The van der Waals surface area contributed by atoms with E-state index in [1.54, 1.807) is 0 Å². The maximum absolute atomic E-state index is 6.36. The van der Waals surface area contributed by atoms with Gasteiger partial charge in [-0.3, -0.25) is 4.67 Å². The van der Waals surface area contributed by atoms with Crippen LogP contribution in [0.2, 0.25) is 0 Å². The summed E-state index contributed by atoms with van der Waals surface area (Å²) < 4.78 is 14.8. The van der Waals surface area contributed by atoms with E-state index in [1.807, 2.05) is 97.1 Å². The lowest BCUT2D eigenvalue weighted by Gasteiger charge is -2.31. The number of hydrogen-bond donors (Lipinski definition) is 0. The smallest absolute Gasteiger partial charge is 0.422 e. The molecule has 4 heteroatoms. The first kappa shape index (κ1) is 18.1. The van der Waals surface area contributed by atoms with Crippen molar-refractivity contribution in [3.8, 4) is 11.5 Å². The van der Waals surface area contributed by atoms with E-state index in [1.165, 1.54) is 0 Å². The summed E-state index contributed by atoms with van der Waals surface area (Å²) in [5.41, 5.74) is 2.01. The number of hydrogen-bond acceptors (Lipinski definition) is 3. The van der Waals surface area contributed by atoms with Gasteiger partial charge >= 0.3 is 8.53 Å². The highest BCUT2D eigenvalue weighted by Gasteiger charge is 2.27. The Morgan fingerprint density at radius 3 is 1.11 bits per heavy atom. The van der Waals surface area contributed by atoms with Crippen molar-refractivity contribution in [2.75, 3.05) is 4.67 Å². The molecule has 0 aliphatic heterocycles. The van der Waals surface area contributed by atoms with Crippen LogP contribution >= 0.6 is 8.53 Å². The third-order valence-electron chi connectivity index (χ3n) is 4.02. The van der Waals surface area contributed by atoms with Crippen molar-refractivity contribution in [3.63, 3.8) is 0 Å². The molecule has 0 aromatic heterocycles. The van der Waals surface area contributed by atoms with Crippen LogP contribution in [-0.2, 0) is 0 Å². The molecular weight excluding hydrogens is 365 g/mol. The Morgan fingerprint density at radius 2 is 0.750 bits per heavy atom. The fourth-order valence-electron chi connectivity index (χ4n) is 2.72. The van der Waals surface area contributed by atoms with E-state index in [2.05, 4.69) is 28.9 Å². The van der Waals surface area contributed by atoms with Gasteiger partial charge in [-0.05, 0) is 48.5 Å². The Morgan fingerprint density at radius 1 is 0.429 bits per heavy atom. The highest BCUT2D eigenvalue weighted by Crippen LogP contribution is 2.50. The topological polar surface area (TPSA) is 21.7 Å². The van der Waals surface area contributed by atoms with Crippen molar-refractivity contribution in [3.05, 3.63) is 121 Å². The molecule has 4 rings (SSSR count). The van der Waals surface area contributed by atoms with E-state index in [0.29, 0.717) is 0 Å². The maximum atomic E-state index is 6.36. The highest BCUT2D eigenvalue weighted by molar-refractivity contribution is 7.50. The van der Waals surface area contributed by atoms with Gasteiger partial charge in [0.2, 0.25) is 0 Å². The standard InChI is InChI=1S/C24H20NO2P/c1-5-13-21(14-6-1)25(22-15-7-2-8-16-22)28(26-23-17-9-3-10-18-23)27-24-19-11-4-12-20-24/h1-20H. The van der Waals surface area contributed by atoms with Crippen molar-refractivity contribution in [2.45, 2.75) is 0 Å². The molecule has 0 saturated carbocycles. The summed E-state index contributed by atoms with van der Waals surface area (Å²) in [6.07, 6.45) is 0. The number of para-hydroxylation sites is 4. The molecule has 0 aliphatic rings. The molecule has 0 atom stereocenters. The predicted octanol–water partition coefficient (Wildman–Crippen LogP) is 7.21. The number of nitrogens with zero attached hydrogens (tertiary/aromatic N) is 1. The second-order valence-electron chi connectivity index (χ2n) is 6.03. The Kier molecular flexibility index (Phi) is 5.86. The van der Waals surface area contributed by atoms with Gasteiger partial charge in [0.15, 0.2) is 0 Å². The molecular formula is C24H20NO2P. The van der Waals surface area contributed by atoms with Gasteiger partial charge in [-0.25, -0.2) is 0 Å². The summed E-state index contributed by atoms with van der Waals surface area (Å²) in [4.78, 5) is 0. The summed E-state index contributed by atoms with van der Waals surface area (Å²) in [5.74, 6) is 1.53. The van der Waals surface area contributed by atoms with Gasteiger partial charge in [0.05, 0.1) is 11.4 Å². The van der Waals surface area contributed by atoms with Gasteiger partial charge < -0.3 is 9.05 Å². The molecule has 0 spiro atoms. The molecule has 0 heterocycles. The number of rotatable bonds is 7. The zero-order chi connectivity index (χ0) is 19.0. The summed E-state index contributed by atoms with van der Waals surface area (Å²) in [5, 5.41) is 0. The van der Waals surface area contributed by atoms with E-state index in [9.17, 15) is 0 Å². The number of benzene rings is 4. The molecule has 0 amide bonds. The molecule has 0 unspecified atom stereocenters. The zero-order valence-electron chi connectivity index (χ0n) is 15.3. The van der Waals surface area contributed by atoms with Crippen molar-refractivity contribution in [2.24, 2.45) is 0 Å². The first-order valence-electron chi connectivity index (χ1n) is 9.06. The van der Waals surface area contributed by atoms with Crippen molar-refractivity contribution >= 4 is 19.9 Å². The van der Waals surface area contributed by atoms with Crippen LogP contribution in [0.15, 0.2) is 121 Å². The molecule has 138 valence electrons. The van der Waals surface area contributed by atoms with Gasteiger partial charge in [-0.15, -0.1) is 0 Å². The number of anilines is 2. The molecule has 0 saturated heterocycles. The van der Waals surface area contributed by atoms with Crippen LogP contribution in [0.4, 0.5) is 11.4 Å². The van der Waals surface area contributed by atoms with Crippen LogP contribution in [0.3, 0.4) is 0 Å². The van der Waals surface area contributed by atoms with E-state index >= 15 is 0 Å². The molecule has 0 aliphatic carbocycles. The molecule has 3 nitrogen and oxygen atoms in total. The first-order chi connectivity index (χ1) is 13.9. The Bertz CT molecular complexity index is 885. The first-order valence-corrected chi connectivity index (χ1v) is 10.2. The van der Waals surface area contributed by atoms with E-state index in [4.69, 9.17) is 9.05 Å². The quantitative estimate of drug-likeness (QED) is 0.314. The van der Waals surface area contributed by atoms with Crippen LogP contribution in [0.25, 0.3) is 0 Å². The molecule has 4 aromatic carbocycles. The highest BCUT2D eigenvalue weighted by atomic mass is 31.2. The fourth-order valence-corrected chi connectivity index (χ4v) is 4.17. The maximum Gasteiger partial charge on any atom is 0.422 e. The molecule has 0 radical (unpaired) electrons. The van der Waals surface area contributed by atoms with Crippen molar-refractivity contribution in [1.29, 1.82) is 0 Å². The molecule has 0 bridgehead atoms. The van der Waals surface area contributed by atoms with Gasteiger partial charge in [0.25, 0.3) is 0 Å². The Balaban J connectivity index is 1.76. The average Bonchev–Trinajstić information content (AvgIpc) is 2.77. The SMILES string of the molecule is c1ccc(OP(Oc2ccccc2)N(c2ccccc2)c2ccccc2)cc1. The normalized spacial score (nSPS) is 10.5. The largest absolute Gasteiger partial charge is 0.423 e. The van der Waals surface area contributed by atoms with Crippen LogP contribution in [0.1, 0.15) is 0 Å². The lowest BCUT2D eigenvalue weighted by molar-refractivity contribution is 0.489. The van der Waals surface area contributed by atoms with Crippen LogP contribution in [0, 0.1) is 0 Å². The van der Waals surface area contributed by atoms with E-state index in [-0.39, 0.29) is 0 Å². The minimum Gasteiger partial charge on any atom is -0.423 e. The third kappa shape index (κ3) is 4.51. The zero-order valence-corrected chi connectivity index (χ0v) is 16.2. The average molecular weight is 385 g/mol. The van der Waals surface area contributed by atoms with E-state index < -0.39 is 8.53 Å². The predicted molar refractivity (Wildman–Crippen MR) is 116 cm³/mol. The lowest BCUT2D eigenvalue weighted by atomic mass is 10.3. The third-order valence-corrected chi connectivity index (χ3v) is 5.54. The minimum atomic E-state index is -1.50. The van der Waals surface area contributed by atoms with Crippen molar-refractivity contribution in [1.82, 2.24) is 0 Å². The summed E-state index contributed by atoms with van der Waals surface area (Å²) in [6, 6.07) is 39.9. The van der Waals surface area contributed by atoms with Gasteiger partial charge in [-0.2, -0.15) is 0 Å².